The van der Waals surface area contributed by atoms with E-state index in [0.29, 0.717) is 56.0 Å². The number of anilines is 1. The second kappa shape index (κ2) is 18.4. The van der Waals surface area contributed by atoms with Gasteiger partial charge in [0.2, 0.25) is 0 Å². The van der Waals surface area contributed by atoms with Gasteiger partial charge < -0.3 is 40.8 Å². The molecule has 2 aromatic rings. The van der Waals surface area contributed by atoms with Crippen LogP contribution in [0.15, 0.2) is 47.5 Å². The van der Waals surface area contributed by atoms with Crippen LogP contribution < -0.4 is 25.8 Å². The number of rotatable bonds is 19. The maximum atomic E-state index is 12.8. The molecule has 10 nitrogen and oxygen atoms in total. The van der Waals surface area contributed by atoms with Gasteiger partial charge in [-0.15, -0.1) is 0 Å². The number of hydrogen-bond donors (Lipinski definition) is 5. The Balaban J connectivity index is 2.26. The standard InChI is InChI=1S/C32H46N4O6/c1-5-22(14-16-37)6-7-23(8-11-26(38)12-9-24-10-13-28(39)29(20-24)41-4)18-25-19-27(36-32(33)35-3)31(40)30(21-25)42-17-15-34-2/h8,10-11,13,16,19-23,34,39-40H,5-7,9,12,14-15,17-18H2,1-4H3,(H3,33,35,36)/b11-8+/t22-,23-/m1/s1. The van der Waals surface area contributed by atoms with Gasteiger partial charge in [0, 0.05) is 26.4 Å². The molecule has 0 saturated carbocycles. The molecule has 0 amide bonds. The van der Waals surface area contributed by atoms with Crippen LogP contribution in [0.4, 0.5) is 5.69 Å². The number of ether oxygens (including phenoxy) is 2. The molecule has 0 aliphatic rings. The lowest BCUT2D eigenvalue weighted by Crippen LogP contribution is -2.22. The third-order valence-electron chi connectivity index (χ3n) is 7.16. The fraction of sp³-hybridized carbons (Fsp3) is 0.469. The van der Waals surface area contributed by atoms with E-state index in [2.05, 4.69) is 22.5 Å². The first-order chi connectivity index (χ1) is 20.2. The summed E-state index contributed by atoms with van der Waals surface area (Å²) >= 11 is 0. The predicted molar refractivity (Wildman–Crippen MR) is 167 cm³/mol. The Morgan fingerprint density at radius 1 is 1.14 bits per heavy atom. The molecule has 2 atom stereocenters. The number of allylic oxidation sites excluding steroid dienone is 2. The van der Waals surface area contributed by atoms with Gasteiger partial charge in [-0.1, -0.05) is 25.5 Å². The molecule has 2 aromatic carbocycles. The van der Waals surface area contributed by atoms with E-state index in [9.17, 15) is 19.8 Å². The van der Waals surface area contributed by atoms with Gasteiger partial charge in [-0.05, 0) is 86.0 Å². The van der Waals surface area contributed by atoms with Crippen LogP contribution in [0, 0.1) is 11.8 Å². The number of nitrogens with one attached hydrogen (secondary N) is 2. The highest BCUT2D eigenvalue weighted by atomic mass is 16.5. The van der Waals surface area contributed by atoms with E-state index >= 15 is 0 Å². The lowest BCUT2D eigenvalue weighted by molar-refractivity contribution is -0.114. The first kappa shape index (κ1) is 34.2. The number of phenols is 2. The first-order valence-electron chi connectivity index (χ1n) is 14.4. The SMILES string of the molecule is CC[C@@H](CC=O)CC[C@H](/C=C/C(=O)CCc1ccc(O)c(OC)c1)Cc1cc(NC(N)=NC)c(O)c(OCCNC)c1. The lowest BCUT2D eigenvalue weighted by atomic mass is 9.88. The normalized spacial score (nSPS) is 13.1. The molecule has 0 aliphatic carbocycles. The molecule has 0 saturated heterocycles. The molecule has 2 rings (SSSR count). The van der Waals surface area contributed by atoms with Gasteiger partial charge in [0.15, 0.2) is 34.7 Å². The monoisotopic (exact) mass is 582 g/mol. The van der Waals surface area contributed by atoms with E-state index < -0.39 is 0 Å². The molecule has 0 bridgehead atoms. The highest BCUT2D eigenvalue weighted by molar-refractivity contribution is 5.94. The van der Waals surface area contributed by atoms with E-state index in [4.69, 9.17) is 15.2 Å². The summed E-state index contributed by atoms with van der Waals surface area (Å²) in [4.78, 5) is 27.9. The van der Waals surface area contributed by atoms with E-state index in [1.807, 2.05) is 19.2 Å². The van der Waals surface area contributed by atoms with Crippen LogP contribution in [0.1, 0.15) is 50.2 Å². The largest absolute Gasteiger partial charge is 0.504 e. The van der Waals surface area contributed by atoms with Crippen molar-refractivity contribution in [2.45, 2.75) is 51.9 Å². The minimum Gasteiger partial charge on any atom is -0.504 e. The molecule has 10 heteroatoms. The quantitative estimate of drug-likeness (QED) is 0.0405. The van der Waals surface area contributed by atoms with Crippen LogP contribution >= 0.6 is 0 Å². The Kier molecular flexibility index (Phi) is 15.0. The number of guanidine groups is 1. The van der Waals surface area contributed by atoms with Crippen molar-refractivity contribution in [1.82, 2.24) is 5.32 Å². The Morgan fingerprint density at radius 3 is 2.57 bits per heavy atom. The maximum Gasteiger partial charge on any atom is 0.192 e. The van der Waals surface area contributed by atoms with Crippen molar-refractivity contribution in [1.29, 1.82) is 0 Å². The van der Waals surface area contributed by atoms with Crippen LogP contribution in [-0.2, 0) is 22.4 Å². The lowest BCUT2D eigenvalue weighted by Gasteiger charge is -2.19. The Morgan fingerprint density at radius 2 is 1.90 bits per heavy atom. The molecule has 0 unspecified atom stereocenters. The number of hydrogen-bond acceptors (Lipinski definition) is 8. The summed E-state index contributed by atoms with van der Waals surface area (Å²) in [6, 6.07) is 8.68. The molecule has 0 spiro atoms. The first-order valence-corrected chi connectivity index (χ1v) is 14.4. The van der Waals surface area contributed by atoms with Crippen molar-refractivity contribution in [3.63, 3.8) is 0 Å². The van der Waals surface area contributed by atoms with Crippen LogP contribution in [0.2, 0.25) is 0 Å². The molecule has 0 radical (unpaired) electrons. The van der Waals surface area contributed by atoms with Crippen molar-refractivity contribution >= 4 is 23.7 Å². The van der Waals surface area contributed by atoms with Crippen LogP contribution in [0.5, 0.6) is 23.0 Å². The average Bonchev–Trinajstić information content (AvgIpc) is 2.99. The Bertz CT molecular complexity index is 1210. The average molecular weight is 583 g/mol. The van der Waals surface area contributed by atoms with Crippen molar-refractivity contribution in [2.24, 2.45) is 22.6 Å². The molecule has 0 fully saturated rings. The number of carbonyl (C=O) groups is 2. The summed E-state index contributed by atoms with van der Waals surface area (Å²) in [7, 11) is 4.86. The number of aliphatic imine (C=N–C) groups is 1. The Hall–Kier alpha value is -4.05. The molecule has 0 heterocycles. The van der Waals surface area contributed by atoms with E-state index in [1.165, 1.54) is 7.11 Å². The number of ketones is 1. The Labute approximate surface area is 249 Å². The summed E-state index contributed by atoms with van der Waals surface area (Å²) in [5.74, 6) is 1.11. The van der Waals surface area contributed by atoms with Gasteiger partial charge in [-0.3, -0.25) is 9.79 Å². The third kappa shape index (κ3) is 11.4. The second-order valence-electron chi connectivity index (χ2n) is 10.2. The zero-order valence-corrected chi connectivity index (χ0v) is 25.2. The minimum absolute atomic E-state index is 0.00292. The summed E-state index contributed by atoms with van der Waals surface area (Å²) < 4.78 is 11.0. The fourth-order valence-electron chi connectivity index (χ4n) is 4.56. The highest BCUT2D eigenvalue weighted by Gasteiger charge is 2.17. The van der Waals surface area contributed by atoms with Crippen LogP contribution in [0.3, 0.4) is 0 Å². The van der Waals surface area contributed by atoms with Gasteiger partial charge in [0.25, 0.3) is 0 Å². The number of benzene rings is 2. The van der Waals surface area contributed by atoms with Gasteiger partial charge in [-0.2, -0.15) is 0 Å². The molecular weight excluding hydrogens is 536 g/mol. The minimum atomic E-state index is -0.0633. The van der Waals surface area contributed by atoms with Crippen LogP contribution in [-0.4, -0.2) is 62.6 Å². The van der Waals surface area contributed by atoms with Gasteiger partial charge in [-0.25, -0.2) is 0 Å². The number of methoxy groups -OCH3 is 1. The maximum absolute atomic E-state index is 12.8. The van der Waals surface area contributed by atoms with Gasteiger partial charge in [0.1, 0.15) is 12.9 Å². The summed E-state index contributed by atoms with van der Waals surface area (Å²) in [5.41, 5.74) is 8.04. The number of nitrogens with zero attached hydrogens (tertiary/aromatic N) is 1. The molecule has 230 valence electrons. The van der Waals surface area contributed by atoms with Crippen molar-refractivity contribution in [2.75, 3.05) is 39.7 Å². The second-order valence-corrected chi connectivity index (χ2v) is 10.2. The highest BCUT2D eigenvalue weighted by Crippen LogP contribution is 2.37. The van der Waals surface area contributed by atoms with Gasteiger partial charge >= 0.3 is 0 Å². The summed E-state index contributed by atoms with van der Waals surface area (Å²) in [5, 5.41) is 26.6. The number of phenolic OH excluding ortho intramolecular Hbond substituents is 2. The summed E-state index contributed by atoms with van der Waals surface area (Å²) in [6.07, 6.45) is 8.98. The number of nitrogens with two attached hydrogens (primary N) is 1. The van der Waals surface area contributed by atoms with E-state index in [-0.39, 0.29) is 35.1 Å². The zero-order chi connectivity index (χ0) is 30.9. The number of likely N-dealkylation sites (N-methyl/N-ethyl adjacent to an activating group) is 1. The molecule has 0 aliphatic heterocycles. The molecular formula is C32H46N4O6. The van der Waals surface area contributed by atoms with Gasteiger partial charge in [0.05, 0.1) is 12.8 Å². The third-order valence-corrected chi connectivity index (χ3v) is 7.16. The van der Waals surface area contributed by atoms with Crippen LogP contribution in [0.25, 0.3) is 0 Å². The number of aromatic hydroxyl groups is 2. The molecule has 42 heavy (non-hydrogen) atoms. The summed E-state index contributed by atoms with van der Waals surface area (Å²) in [6.45, 7) is 3.04. The van der Waals surface area contributed by atoms with E-state index in [1.54, 1.807) is 37.4 Å². The van der Waals surface area contributed by atoms with Crippen molar-refractivity contribution in [3.05, 3.63) is 53.6 Å². The molecule has 6 N–H and O–H groups in total. The van der Waals surface area contributed by atoms with Crippen molar-refractivity contribution < 1.29 is 29.3 Å². The zero-order valence-electron chi connectivity index (χ0n) is 25.2. The number of aldehydes is 1. The smallest absolute Gasteiger partial charge is 0.192 e. The van der Waals surface area contributed by atoms with E-state index in [0.717, 1.165) is 36.7 Å². The fourth-order valence-corrected chi connectivity index (χ4v) is 4.56. The topological polar surface area (TPSA) is 156 Å². The number of aryl methyl sites for hydroxylation is 1. The van der Waals surface area contributed by atoms with Crippen molar-refractivity contribution in [3.8, 4) is 23.0 Å². The molecule has 0 aromatic heterocycles. The predicted octanol–water partition coefficient (Wildman–Crippen LogP) is 4.37. The number of carbonyl (C=O) groups excluding carboxylic acids is 2.